The highest BCUT2D eigenvalue weighted by atomic mass is 15.2. The van der Waals surface area contributed by atoms with Crippen LogP contribution < -0.4 is 5.32 Å². The summed E-state index contributed by atoms with van der Waals surface area (Å²) in [5.41, 5.74) is 0.597. The Morgan fingerprint density at radius 2 is 2.29 bits per heavy atom. The zero-order valence-electron chi connectivity index (χ0n) is 10.8. The number of likely N-dealkylation sites (N-methyl/N-ethyl adjacent to an activating group) is 1. The maximum Gasteiger partial charge on any atom is 0.143 e. The standard InChI is InChI=1S/C13H20N4/c1-4-17(11(2)3)9-8-16-13-12(10-14)6-5-7-15-13/h5-7,11H,4,8-9H2,1-3H3,(H,15,16). The summed E-state index contributed by atoms with van der Waals surface area (Å²) in [7, 11) is 0. The zero-order valence-corrected chi connectivity index (χ0v) is 10.8. The van der Waals surface area contributed by atoms with Crippen LogP contribution in [0, 0.1) is 11.3 Å². The minimum atomic E-state index is 0.543. The van der Waals surface area contributed by atoms with Crippen molar-refractivity contribution in [3.8, 4) is 6.07 Å². The van der Waals surface area contributed by atoms with Gasteiger partial charge < -0.3 is 5.32 Å². The molecule has 1 aromatic heterocycles. The molecule has 92 valence electrons. The summed E-state index contributed by atoms with van der Waals surface area (Å²) in [5.74, 6) is 0.676. The summed E-state index contributed by atoms with van der Waals surface area (Å²) in [5, 5.41) is 12.1. The third-order valence-corrected chi connectivity index (χ3v) is 2.76. The fraction of sp³-hybridized carbons (Fsp3) is 0.538. The molecule has 0 aromatic carbocycles. The molecule has 0 aliphatic heterocycles. The molecule has 17 heavy (non-hydrogen) atoms. The van der Waals surface area contributed by atoms with Crippen LogP contribution in [0.3, 0.4) is 0 Å². The molecular weight excluding hydrogens is 212 g/mol. The van der Waals surface area contributed by atoms with E-state index in [1.165, 1.54) is 0 Å². The smallest absolute Gasteiger partial charge is 0.143 e. The van der Waals surface area contributed by atoms with Gasteiger partial charge >= 0.3 is 0 Å². The molecule has 4 nitrogen and oxygen atoms in total. The Labute approximate surface area is 103 Å². The van der Waals surface area contributed by atoms with Crippen LogP contribution in [0.2, 0.25) is 0 Å². The molecular formula is C13H20N4. The lowest BCUT2D eigenvalue weighted by Gasteiger charge is -2.24. The Bertz CT molecular complexity index is 381. The maximum atomic E-state index is 8.92. The second-order valence-electron chi connectivity index (χ2n) is 4.16. The summed E-state index contributed by atoms with van der Waals surface area (Å²) in [6, 6.07) is 6.22. The van der Waals surface area contributed by atoms with E-state index in [0.29, 0.717) is 17.4 Å². The number of hydrogen-bond acceptors (Lipinski definition) is 4. The van der Waals surface area contributed by atoms with Crippen molar-refractivity contribution in [2.75, 3.05) is 25.0 Å². The van der Waals surface area contributed by atoms with Crippen LogP contribution in [0.4, 0.5) is 5.82 Å². The van der Waals surface area contributed by atoms with Gasteiger partial charge in [-0.25, -0.2) is 4.98 Å². The Morgan fingerprint density at radius 1 is 1.53 bits per heavy atom. The van der Waals surface area contributed by atoms with Gasteiger partial charge in [-0.2, -0.15) is 5.26 Å². The Morgan fingerprint density at radius 3 is 2.88 bits per heavy atom. The van der Waals surface area contributed by atoms with Crippen LogP contribution in [0.25, 0.3) is 0 Å². The van der Waals surface area contributed by atoms with E-state index in [1.54, 1.807) is 18.3 Å². The molecule has 0 saturated heterocycles. The van der Waals surface area contributed by atoms with Gasteiger partial charge in [0.25, 0.3) is 0 Å². The van der Waals surface area contributed by atoms with Crippen molar-refractivity contribution in [3.63, 3.8) is 0 Å². The van der Waals surface area contributed by atoms with Gasteiger partial charge in [0.1, 0.15) is 11.9 Å². The van der Waals surface area contributed by atoms with Crippen molar-refractivity contribution in [2.24, 2.45) is 0 Å². The van der Waals surface area contributed by atoms with Crippen molar-refractivity contribution >= 4 is 5.82 Å². The minimum Gasteiger partial charge on any atom is -0.368 e. The van der Waals surface area contributed by atoms with Gasteiger partial charge in [-0.15, -0.1) is 0 Å². The first kappa shape index (κ1) is 13.5. The number of rotatable bonds is 6. The number of nitriles is 1. The Balaban J connectivity index is 2.48. The van der Waals surface area contributed by atoms with Crippen LogP contribution in [0.5, 0.6) is 0 Å². The van der Waals surface area contributed by atoms with E-state index in [1.807, 2.05) is 0 Å². The average Bonchev–Trinajstić information content (AvgIpc) is 2.34. The van der Waals surface area contributed by atoms with Gasteiger partial charge in [0.05, 0.1) is 5.56 Å². The Kier molecular flexibility index (Phi) is 5.44. The maximum absolute atomic E-state index is 8.92. The monoisotopic (exact) mass is 232 g/mol. The van der Waals surface area contributed by atoms with Crippen molar-refractivity contribution < 1.29 is 0 Å². The molecule has 0 amide bonds. The number of pyridine rings is 1. The molecule has 0 aliphatic rings. The largest absolute Gasteiger partial charge is 0.368 e. The van der Waals surface area contributed by atoms with Crippen molar-refractivity contribution in [1.82, 2.24) is 9.88 Å². The van der Waals surface area contributed by atoms with Gasteiger partial charge in [0.15, 0.2) is 0 Å². The lowest BCUT2D eigenvalue weighted by atomic mass is 10.3. The molecule has 1 N–H and O–H groups in total. The number of aromatic nitrogens is 1. The van der Waals surface area contributed by atoms with E-state index in [4.69, 9.17) is 5.26 Å². The molecule has 1 heterocycles. The fourth-order valence-electron chi connectivity index (χ4n) is 1.74. The lowest BCUT2D eigenvalue weighted by molar-refractivity contribution is 0.243. The molecule has 1 rings (SSSR count). The first-order valence-corrected chi connectivity index (χ1v) is 6.02. The number of nitrogens with zero attached hydrogens (tertiary/aromatic N) is 3. The van der Waals surface area contributed by atoms with E-state index in [0.717, 1.165) is 19.6 Å². The highest BCUT2D eigenvalue weighted by molar-refractivity contribution is 5.51. The van der Waals surface area contributed by atoms with Crippen LogP contribution in [-0.2, 0) is 0 Å². The summed E-state index contributed by atoms with van der Waals surface area (Å²) >= 11 is 0. The van der Waals surface area contributed by atoms with E-state index >= 15 is 0 Å². The molecule has 0 atom stereocenters. The fourth-order valence-corrected chi connectivity index (χ4v) is 1.74. The minimum absolute atomic E-state index is 0.543. The van der Waals surface area contributed by atoms with Gasteiger partial charge in [-0.05, 0) is 32.5 Å². The van der Waals surface area contributed by atoms with Gasteiger partial charge in [0, 0.05) is 25.3 Å². The summed E-state index contributed by atoms with van der Waals surface area (Å²) in [6.45, 7) is 9.32. The van der Waals surface area contributed by atoms with Crippen LogP contribution in [0.1, 0.15) is 26.3 Å². The first-order chi connectivity index (χ1) is 8.19. The van der Waals surface area contributed by atoms with E-state index in [-0.39, 0.29) is 0 Å². The molecule has 0 aliphatic carbocycles. The second kappa shape index (κ2) is 6.87. The normalized spacial score (nSPS) is 10.6. The highest BCUT2D eigenvalue weighted by Crippen LogP contribution is 2.09. The van der Waals surface area contributed by atoms with Crippen LogP contribution >= 0.6 is 0 Å². The summed E-state index contributed by atoms with van der Waals surface area (Å²) in [6.07, 6.45) is 1.70. The SMILES string of the molecule is CCN(CCNc1ncccc1C#N)C(C)C. The molecule has 0 fully saturated rings. The zero-order chi connectivity index (χ0) is 12.7. The molecule has 0 radical (unpaired) electrons. The number of nitrogens with one attached hydrogen (secondary N) is 1. The third kappa shape index (κ3) is 4.04. The lowest BCUT2D eigenvalue weighted by Crippen LogP contribution is -2.34. The number of hydrogen-bond donors (Lipinski definition) is 1. The highest BCUT2D eigenvalue weighted by Gasteiger charge is 2.07. The molecule has 0 saturated carbocycles. The van der Waals surface area contributed by atoms with E-state index < -0.39 is 0 Å². The van der Waals surface area contributed by atoms with Gasteiger partial charge in [0.2, 0.25) is 0 Å². The Hall–Kier alpha value is -1.60. The second-order valence-corrected chi connectivity index (χ2v) is 4.16. The molecule has 0 bridgehead atoms. The van der Waals surface area contributed by atoms with Crippen LogP contribution in [-0.4, -0.2) is 35.6 Å². The van der Waals surface area contributed by atoms with Crippen LogP contribution in [0.15, 0.2) is 18.3 Å². The van der Waals surface area contributed by atoms with Crippen molar-refractivity contribution in [3.05, 3.63) is 23.9 Å². The molecule has 1 aromatic rings. The van der Waals surface area contributed by atoms with Crippen molar-refractivity contribution in [1.29, 1.82) is 5.26 Å². The summed E-state index contributed by atoms with van der Waals surface area (Å²) < 4.78 is 0. The topological polar surface area (TPSA) is 52.0 Å². The van der Waals surface area contributed by atoms with E-state index in [9.17, 15) is 0 Å². The predicted octanol–water partition coefficient (Wildman–Crippen LogP) is 2.10. The van der Waals surface area contributed by atoms with E-state index in [2.05, 4.69) is 42.0 Å². The van der Waals surface area contributed by atoms with Gasteiger partial charge in [-0.1, -0.05) is 6.92 Å². The quantitative estimate of drug-likeness (QED) is 0.816. The summed E-state index contributed by atoms with van der Waals surface area (Å²) in [4.78, 5) is 6.53. The van der Waals surface area contributed by atoms with Crippen molar-refractivity contribution in [2.45, 2.75) is 26.8 Å². The molecule has 0 unspecified atom stereocenters. The third-order valence-electron chi connectivity index (χ3n) is 2.76. The number of anilines is 1. The van der Waals surface area contributed by atoms with Gasteiger partial charge in [-0.3, -0.25) is 4.90 Å². The molecule has 0 spiro atoms. The average molecular weight is 232 g/mol. The predicted molar refractivity (Wildman–Crippen MR) is 69.8 cm³/mol. The molecule has 4 heteroatoms. The first-order valence-electron chi connectivity index (χ1n) is 6.02.